The van der Waals surface area contributed by atoms with E-state index in [0.717, 1.165) is 82.4 Å². The summed E-state index contributed by atoms with van der Waals surface area (Å²) in [7, 11) is 2.18. The van der Waals surface area contributed by atoms with E-state index in [1.54, 1.807) is 0 Å². The van der Waals surface area contributed by atoms with Crippen LogP contribution in [0.3, 0.4) is 0 Å². The Balaban J connectivity index is 1.42. The van der Waals surface area contributed by atoms with Gasteiger partial charge >= 0.3 is 0 Å². The number of nitrogens with zero attached hydrogens (tertiary/aromatic N) is 4. The fraction of sp³-hybridized carbons (Fsp3) is 0.611. The molecular weight excluding hydrogens is 302 g/mol. The van der Waals surface area contributed by atoms with Crippen LogP contribution in [0.4, 0.5) is 0 Å². The van der Waals surface area contributed by atoms with Crippen LogP contribution in [0.1, 0.15) is 11.5 Å². The maximum absolute atomic E-state index is 5.95. The van der Waals surface area contributed by atoms with Crippen molar-refractivity contribution in [1.82, 2.24) is 25.0 Å². The van der Waals surface area contributed by atoms with Gasteiger partial charge in [-0.15, -0.1) is 0 Å². The molecule has 6 heteroatoms. The lowest BCUT2D eigenvalue weighted by Crippen LogP contribution is -2.43. The lowest BCUT2D eigenvalue weighted by Gasteiger charge is -2.31. The maximum Gasteiger partial charge on any atom is 0.209 e. The Morgan fingerprint density at radius 1 is 1.00 bits per heavy atom. The summed E-state index contributed by atoms with van der Waals surface area (Å²) < 4.78 is 5.95. The van der Waals surface area contributed by atoms with Crippen molar-refractivity contribution in [2.75, 3.05) is 59.4 Å². The zero-order valence-corrected chi connectivity index (χ0v) is 14.5. The van der Waals surface area contributed by atoms with Gasteiger partial charge in [-0.05, 0) is 24.7 Å². The molecule has 24 heavy (non-hydrogen) atoms. The largest absolute Gasteiger partial charge is 0.439 e. The molecule has 6 nitrogen and oxygen atoms in total. The molecule has 4 rings (SSSR count). The van der Waals surface area contributed by atoms with Gasteiger partial charge in [-0.2, -0.15) is 0 Å². The number of likely N-dealkylation sites (N-methyl/N-ethyl adjacent to an activating group) is 1. The van der Waals surface area contributed by atoms with E-state index in [9.17, 15) is 0 Å². The molecule has 0 saturated carbocycles. The number of hydrogen-bond donors (Lipinski definition) is 1. The zero-order chi connectivity index (χ0) is 16.4. The molecule has 0 radical (unpaired) electrons. The highest BCUT2D eigenvalue weighted by molar-refractivity contribution is 5.73. The van der Waals surface area contributed by atoms with E-state index in [0.29, 0.717) is 0 Å². The molecule has 1 N–H and O–H groups in total. The number of rotatable bonds is 4. The standard InChI is InChI=1S/C18H27N5O/c1-21-8-10-23(11-9-21)14-18-20-16-12-15(2-3-17(16)24-18)13-22-6-4-19-5-7-22/h2-3,12,19H,4-11,13-14H2,1H3. The molecule has 0 unspecified atom stereocenters. The van der Waals surface area contributed by atoms with E-state index < -0.39 is 0 Å². The number of aromatic nitrogens is 1. The molecule has 1 aromatic carbocycles. The molecule has 0 aliphatic carbocycles. The van der Waals surface area contributed by atoms with Gasteiger partial charge in [-0.1, -0.05) is 6.07 Å². The van der Waals surface area contributed by atoms with Gasteiger partial charge in [0, 0.05) is 58.9 Å². The molecule has 2 aliphatic heterocycles. The minimum Gasteiger partial charge on any atom is -0.439 e. The first-order valence-corrected chi connectivity index (χ1v) is 8.98. The number of hydrogen-bond acceptors (Lipinski definition) is 6. The number of benzene rings is 1. The lowest BCUT2D eigenvalue weighted by molar-refractivity contribution is 0.139. The van der Waals surface area contributed by atoms with Gasteiger partial charge < -0.3 is 14.6 Å². The molecule has 2 fully saturated rings. The summed E-state index contributed by atoms with van der Waals surface area (Å²) >= 11 is 0. The summed E-state index contributed by atoms with van der Waals surface area (Å²) in [5.41, 5.74) is 3.22. The molecule has 1 aromatic heterocycles. The molecular formula is C18H27N5O. The number of fused-ring (bicyclic) bond motifs is 1. The Morgan fingerprint density at radius 3 is 2.54 bits per heavy atom. The second kappa shape index (κ2) is 7.19. The van der Waals surface area contributed by atoms with Crippen LogP contribution in [0.2, 0.25) is 0 Å². The molecule has 130 valence electrons. The van der Waals surface area contributed by atoms with Gasteiger partial charge in [-0.25, -0.2) is 4.98 Å². The van der Waals surface area contributed by atoms with Gasteiger partial charge in [-0.3, -0.25) is 9.80 Å². The first kappa shape index (κ1) is 16.0. The summed E-state index contributed by atoms with van der Waals surface area (Å²) in [5.74, 6) is 0.842. The van der Waals surface area contributed by atoms with Crippen molar-refractivity contribution in [2.45, 2.75) is 13.1 Å². The highest BCUT2D eigenvalue weighted by Crippen LogP contribution is 2.19. The van der Waals surface area contributed by atoms with Gasteiger partial charge in [0.25, 0.3) is 0 Å². The van der Waals surface area contributed by atoms with Crippen molar-refractivity contribution < 1.29 is 4.42 Å². The first-order valence-electron chi connectivity index (χ1n) is 8.98. The SMILES string of the molecule is CN1CCN(Cc2nc3cc(CN4CCNCC4)ccc3o2)CC1. The molecule has 0 atom stereocenters. The average Bonchev–Trinajstić information content (AvgIpc) is 2.99. The number of oxazole rings is 1. The third-order valence-corrected chi connectivity index (χ3v) is 5.07. The van der Waals surface area contributed by atoms with E-state index in [2.05, 4.69) is 45.3 Å². The molecule has 2 saturated heterocycles. The molecule has 3 heterocycles. The van der Waals surface area contributed by atoms with Gasteiger partial charge in [0.1, 0.15) is 5.52 Å². The summed E-state index contributed by atoms with van der Waals surface area (Å²) in [6, 6.07) is 6.44. The molecule has 0 amide bonds. The van der Waals surface area contributed by atoms with E-state index in [1.807, 2.05) is 0 Å². The normalized spacial score (nSPS) is 21.5. The summed E-state index contributed by atoms with van der Waals surface area (Å²) in [6.45, 7) is 10.6. The molecule has 2 aliphatic rings. The zero-order valence-electron chi connectivity index (χ0n) is 14.5. The highest BCUT2D eigenvalue weighted by atomic mass is 16.3. The second-order valence-electron chi connectivity index (χ2n) is 7.02. The summed E-state index contributed by atoms with van der Waals surface area (Å²) in [6.07, 6.45) is 0. The average molecular weight is 329 g/mol. The van der Waals surface area contributed by atoms with Crippen LogP contribution >= 0.6 is 0 Å². The minimum atomic E-state index is 0.815. The van der Waals surface area contributed by atoms with Crippen LogP contribution in [-0.2, 0) is 13.1 Å². The van der Waals surface area contributed by atoms with Crippen LogP contribution in [0.15, 0.2) is 22.6 Å². The maximum atomic E-state index is 5.95. The van der Waals surface area contributed by atoms with Crippen molar-refractivity contribution in [1.29, 1.82) is 0 Å². The molecule has 0 spiro atoms. The van der Waals surface area contributed by atoms with Crippen LogP contribution in [0.25, 0.3) is 11.1 Å². The second-order valence-corrected chi connectivity index (χ2v) is 7.02. The Bertz CT molecular complexity index is 671. The van der Waals surface area contributed by atoms with Crippen molar-refractivity contribution in [3.05, 3.63) is 29.7 Å². The van der Waals surface area contributed by atoms with Crippen molar-refractivity contribution in [2.24, 2.45) is 0 Å². The third kappa shape index (κ3) is 3.78. The Hall–Kier alpha value is -1.47. The van der Waals surface area contributed by atoms with Crippen LogP contribution < -0.4 is 5.32 Å². The van der Waals surface area contributed by atoms with Crippen molar-refractivity contribution in [3.63, 3.8) is 0 Å². The Kier molecular flexibility index (Phi) is 4.80. The summed E-state index contributed by atoms with van der Waals surface area (Å²) in [4.78, 5) is 12.0. The topological polar surface area (TPSA) is 47.8 Å². The van der Waals surface area contributed by atoms with Crippen LogP contribution in [0.5, 0.6) is 0 Å². The van der Waals surface area contributed by atoms with E-state index in [1.165, 1.54) is 5.56 Å². The monoisotopic (exact) mass is 329 g/mol. The fourth-order valence-corrected chi connectivity index (χ4v) is 3.51. The summed E-state index contributed by atoms with van der Waals surface area (Å²) in [5, 5.41) is 3.40. The van der Waals surface area contributed by atoms with Crippen LogP contribution in [-0.4, -0.2) is 79.1 Å². The fourth-order valence-electron chi connectivity index (χ4n) is 3.51. The van der Waals surface area contributed by atoms with E-state index >= 15 is 0 Å². The van der Waals surface area contributed by atoms with Gasteiger partial charge in [0.05, 0.1) is 6.54 Å². The minimum absolute atomic E-state index is 0.815. The quantitative estimate of drug-likeness (QED) is 0.902. The van der Waals surface area contributed by atoms with Crippen LogP contribution in [0, 0.1) is 0 Å². The Morgan fingerprint density at radius 2 is 1.75 bits per heavy atom. The lowest BCUT2D eigenvalue weighted by atomic mass is 10.2. The van der Waals surface area contributed by atoms with Crippen molar-refractivity contribution >= 4 is 11.1 Å². The molecule has 2 aromatic rings. The highest BCUT2D eigenvalue weighted by Gasteiger charge is 2.17. The van der Waals surface area contributed by atoms with Gasteiger partial charge in [0.15, 0.2) is 5.58 Å². The van der Waals surface area contributed by atoms with E-state index in [4.69, 9.17) is 9.40 Å². The predicted molar refractivity (Wildman–Crippen MR) is 94.9 cm³/mol. The smallest absolute Gasteiger partial charge is 0.209 e. The Labute approximate surface area is 143 Å². The first-order chi connectivity index (χ1) is 11.8. The molecule has 0 bridgehead atoms. The van der Waals surface area contributed by atoms with Gasteiger partial charge in [0.2, 0.25) is 5.89 Å². The number of nitrogens with one attached hydrogen (secondary N) is 1. The number of piperazine rings is 2. The van der Waals surface area contributed by atoms with Crippen molar-refractivity contribution in [3.8, 4) is 0 Å². The third-order valence-electron chi connectivity index (χ3n) is 5.07. The predicted octanol–water partition coefficient (Wildman–Crippen LogP) is 0.980. The van der Waals surface area contributed by atoms with E-state index in [-0.39, 0.29) is 0 Å².